The fourth-order valence-corrected chi connectivity index (χ4v) is 2.99. The van der Waals surface area contributed by atoms with E-state index in [4.69, 9.17) is 21.3 Å². The lowest BCUT2D eigenvalue weighted by atomic mass is 10.0. The predicted molar refractivity (Wildman–Crippen MR) is 76.8 cm³/mol. The van der Waals surface area contributed by atoms with Gasteiger partial charge in [-0.25, -0.2) is 4.98 Å². The summed E-state index contributed by atoms with van der Waals surface area (Å²) >= 11 is 6.09. The molecule has 1 fully saturated rings. The van der Waals surface area contributed by atoms with Crippen LogP contribution >= 0.6 is 11.6 Å². The molecule has 0 saturated carbocycles. The molecular formula is C14H18ClN3O. The Hall–Kier alpha value is -1.10. The van der Waals surface area contributed by atoms with Crippen molar-refractivity contribution in [1.29, 1.82) is 0 Å². The van der Waals surface area contributed by atoms with Gasteiger partial charge in [-0.1, -0.05) is 11.6 Å². The number of halogens is 1. The smallest absolute Gasteiger partial charge is 0.116 e. The van der Waals surface area contributed by atoms with Crippen LogP contribution in [0.2, 0.25) is 5.02 Å². The molecule has 19 heavy (non-hydrogen) atoms. The van der Waals surface area contributed by atoms with Crippen molar-refractivity contribution in [1.82, 2.24) is 14.9 Å². The van der Waals surface area contributed by atoms with E-state index >= 15 is 0 Å². The number of imidazole rings is 1. The third kappa shape index (κ3) is 2.14. The lowest BCUT2D eigenvalue weighted by Gasteiger charge is -2.17. The number of ether oxygens (including phenoxy) is 1. The standard InChI is InChI=1S/C14H18ClN3O/c1-3-18-13-6-9(15)4-5-11(13)17-14(18)10-7-19-8-12(10)16-2/h4-6,10,12,16H,3,7-8H2,1-2H3. The molecule has 5 heteroatoms. The second-order valence-electron chi connectivity index (χ2n) is 4.89. The third-order valence-electron chi connectivity index (χ3n) is 3.84. The summed E-state index contributed by atoms with van der Waals surface area (Å²) in [5.41, 5.74) is 2.11. The molecule has 0 spiro atoms. The summed E-state index contributed by atoms with van der Waals surface area (Å²) in [6, 6.07) is 6.19. The first-order chi connectivity index (χ1) is 9.24. The minimum absolute atomic E-state index is 0.302. The number of benzene rings is 1. The molecule has 4 nitrogen and oxygen atoms in total. The minimum Gasteiger partial charge on any atom is -0.379 e. The van der Waals surface area contributed by atoms with Gasteiger partial charge in [0.05, 0.1) is 30.2 Å². The highest BCUT2D eigenvalue weighted by atomic mass is 35.5. The predicted octanol–water partition coefficient (Wildman–Crippen LogP) is 2.41. The summed E-state index contributed by atoms with van der Waals surface area (Å²) in [5.74, 6) is 1.40. The Morgan fingerprint density at radius 1 is 1.47 bits per heavy atom. The molecule has 1 saturated heterocycles. The van der Waals surface area contributed by atoms with E-state index in [9.17, 15) is 0 Å². The van der Waals surface area contributed by atoms with Crippen LogP contribution in [-0.2, 0) is 11.3 Å². The van der Waals surface area contributed by atoms with E-state index in [-0.39, 0.29) is 0 Å². The molecule has 1 aliphatic heterocycles. The molecule has 0 bridgehead atoms. The Kier molecular flexibility index (Phi) is 3.48. The van der Waals surface area contributed by atoms with Crippen molar-refractivity contribution in [3.8, 4) is 0 Å². The largest absolute Gasteiger partial charge is 0.379 e. The maximum Gasteiger partial charge on any atom is 0.116 e. The van der Waals surface area contributed by atoms with Crippen LogP contribution in [0.5, 0.6) is 0 Å². The van der Waals surface area contributed by atoms with Gasteiger partial charge in [-0.3, -0.25) is 0 Å². The fourth-order valence-electron chi connectivity index (χ4n) is 2.82. The first kappa shape index (κ1) is 12.9. The zero-order valence-electron chi connectivity index (χ0n) is 11.2. The molecule has 2 atom stereocenters. The molecule has 102 valence electrons. The first-order valence-electron chi connectivity index (χ1n) is 6.65. The van der Waals surface area contributed by atoms with Crippen molar-refractivity contribution in [3.05, 3.63) is 29.0 Å². The van der Waals surface area contributed by atoms with E-state index in [2.05, 4.69) is 16.8 Å². The SMILES string of the molecule is CCn1c(C2COCC2NC)nc2ccc(Cl)cc21. The van der Waals surface area contributed by atoms with Crippen LogP contribution in [0.15, 0.2) is 18.2 Å². The van der Waals surface area contributed by atoms with Crippen molar-refractivity contribution in [3.63, 3.8) is 0 Å². The molecule has 0 radical (unpaired) electrons. The molecule has 0 aliphatic carbocycles. The summed E-state index contributed by atoms with van der Waals surface area (Å²) in [7, 11) is 1.97. The molecule has 3 rings (SSSR count). The highest BCUT2D eigenvalue weighted by Gasteiger charge is 2.32. The van der Waals surface area contributed by atoms with Gasteiger partial charge in [-0.05, 0) is 32.2 Å². The normalized spacial score (nSPS) is 23.3. The van der Waals surface area contributed by atoms with Crippen molar-refractivity contribution >= 4 is 22.6 Å². The maximum atomic E-state index is 6.09. The molecule has 2 heterocycles. The number of hydrogen-bond donors (Lipinski definition) is 1. The lowest BCUT2D eigenvalue weighted by molar-refractivity contribution is 0.187. The maximum absolute atomic E-state index is 6.09. The van der Waals surface area contributed by atoms with Crippen molar-refractivity contribution in [2.75, 3.05) is 20.3 Å². The monoisotopic (exact) mass is 279 g/mol. The number of hydrogen-bond acceptors (Lipinski definition) is 3. The zero-order chi connectivity index (χ0) is 13.4. The number of aryl methyl sites for hydroxylation is 1. The number of aromatic nitrogens is 2. The molecule has 1 aliphatic rings. The number of likely N-dealkylation sites (N-methyl/N-ethyl adjacent to an activating group) is 1. The van der Waals surface area contributed by atoms with Crippen LogP contribution in [0.1, 0.15) is 18.7 Å². The lowest BCUT2D eigenvalue weighted by Crippen LogP contribution is -2.32. The number of fused-ring (bicyclic) bond motifs is 1. The van der Waals surface area contributed by atoms with Gasteiger partial charge in [0.15, 0.2) is 0 Å². The second kappa shape index (κ2) is 5.12. The molecule has 0 amide bonds. The van der Waals surface area contributed by atoms with Gasteiger partial charge in [0.2, 0.25) is 0 Å². The number of rotatable bonds is 3. The Morgan fingerprint density at radius 3 is 3.05 bits per heavy atom. The van der Waals surface area contributed by atoms with E-state index in [0.29, 0.717) is 12.0 Å². The topological polar surface area (TPSA) is 39.1 Å². The third-order valence-corrected chi connectivity index (χ3v) is 4.07. The van der Waals surface area contributed by atoms with Crippen molar-refractivity contribution in [2.24, 2.45) is 0 Å². The van der Waals surface area contributed by atoms with Gasteiger partial charge in [0, 0.05) is 17.6 Å². The van der Waals surface area contributed by atoms with Gasteiger partial charge in [0.1, 0.15) is 5.82 Å². The summed E-state index contributed by atoms with van der Waals surface area (Å²) in [6.07, 6.45) is 0. The Balaban J connectivity index is 2.12. The fraction of sp³-hybridized carbons (Fsp3) is 0.500. The van der Waals surface area contributed by atoms with E-state index < -0.39 is 0 Å². The molecule has 1 aromatic heterocycles. The Labute approximate surface area is 117 Å². The molecule has 1 aromatic carbocycles. The minimum atomic E-state index is 0.302. The zero-order valence-corrected chi connectivity index (χ0v) is 11.9. The van der Waals surface area contributed by atoms with Crippen LogP contribution in [0.4, 0.5) is 0 Å². The van der Waals surface area contributed by atoms with Crippen molar-refractivity contribution < 1.29 is 4.74 Å². The summed E-state index contributed by atoms with van der Waals surface area (Å²) in [6.45, 7) is 4.49. The number of nitrogens with one attached hydrogen (secondary N) is 1. The van der Waals surface area contributed by atoms with Gasteiger partial charge >= 0.3 is 0 Å². The van der Waals surface area contributed by atoms with Gasteiger partial charge < -0.3 is 14.6 Å². The van der Waals surface area contributed by atoms with Crippen LogP contribution < -0.4 is 5.32 Å². The highest BCUT2D eigenvalue weighted by Crippen LogP contribution is 2.29. The van der Waals surface area contributed by atoms with E-state index in [0.717, 1.165) is 41.6 Å². The molecule has 1 N–H and O–H groups in total. The number of nitrogens with zero attached hydrogens (tertiary/aromatic N) is 2. The first-order valence-corrected chi connectivity index (χ1v) is 7.03. The van der Waals surface area contributed by atoms with Crippen LogP contribution in [0.25, 0.3) is 11.0 Å². The molecule has 2 aromatic rings. The molecular weight excluding hydrogens is 262 g/mol. The average molecular weight is 280 g/mol. The second-order valence-corrected chi connectivity index (χ2v) is 5.32. The summed E-state index contributed by atoms with van der Waals surface area (Å²) < 4.78 is 7.83. The van der Waals surface area contributed by atoms with E-state index in [1.807, 2.05) is 25.2 Å². The Bertz CT molecular complexity index is 596. The van der Waals surface area contributed by atoms with E-state index in [1.54, 1.807) is 0 Å². The van der Waals surface area contributed by atoms with Gasteiger partial charge in [-0.2, -0.15) is 0 Å². The van der Waals surface area contributed by atoms with Crippen LogP contribution in [0.3, 0.4) is 0 Å². The summed E-state index contributed by atoms with van der Waals surface area (Å²) in [4.78, 5) is 4.79. The van der Waals surface area contributed by atoms with Gasteiger partial charge in [-0.15, -0.1) is 0 Å². The van der Waals surface area contributed by atoms with Gasteiger partial charge in [0.25, 0.3) is 0 Å². The Morgan fingerprint density at radius 2 is 2.32 bits per heavy atom. The highest BCUT2D eigenvalue weighted by molar-refractivity contribution is 6.31. The quantitative estimate of drug-likeness (QED) is 0.938. The summed E-state index contributed by atoms with van der Waals surface area (Å²) in [5, 5.41) is 4.07. The van der Waals surface area contributed by atoms with Crippen LogP contribution in [-0.4, -0.2) is 35.9 Å². The average Bonchev–Trinajstić information content (AvgIpc) is 3.00. The van der Waals surface area contributed by atoms with Crippen LogP contribution in [0, 0.1) is 0 Å². The van der Waals surface area contributed by atoms with Crippen molar-refractivity contribution in [2.45, 2.75) is 25.4 Å². The molecule has 2 unspecified atom stereocenters. The van der Waals surface area contributed by atoms with E-state index in [1.165, 1.54) is 0 Å².